The van der Waals surface area contributed by atoms with Crippen LogP contribution in [0.2, 0.25) is 0 Å². The van der Waals surface area contributed by atoms with Crippen molar-refractivity contribution < 1.29 is 5.11 Å². The summed E-state index contributed by atoms with van der Waals surface area (Å²) in [5, 5.41) is 13.8. The maximum absolute atomic E-state index is 10.1. The molecule has 6 rings (SSSR count). The van der Waals surface area contributed by atoms with Crippen molar-refractivity contribution in [1.29, 1.82) is 0 Å². The zero-order chi connectivity index (χ0) is 22.4. The molecular formula is C27H34N4OS. The van der Waals surface area contributed by atoms with E-state index in [-0.39, 0.29) is 18.8 Å². The number of para-hydroxylation sites is 1. The molecule has 0 bridgehead atoms. The number of anilines is 2. The molecule has 2 aromatic rings. The summed E-state index contributed by atoms with van der Waals surface area (Å²) < 4.78 is 0. The molecule has 4 aliphatic rings. The van der Waals surface area contributed by atoms with Gasteiger partial charge < -0.3 is 15.3 Å². The average molecular weight is 463 g/mol. The molecule has 174 valence electrons. The van der Waals surface area contributed by atoms with Crippen LogP contribution in [0.5, 0.6) is 0 Å². The van der Waals surface area contributed by atoms with Crippen LogP contribution in [0.1, 0.15) is 57.4 Å². The fourth-order valence-corrected chi connectivity index (χ4v) is 7.29. The molecule has 3 unspecified atom stereocenters. The number of aliphatic hydroxyl groups excluding tert-OH is 1. The maximum atomic E-state index is 10.1. The van der Waals surface area contributed by atoms with Gasteiger partial charge in [0.1, 0.15) is 5.84 Å². The first-order chi connectivity index (χ1) is 16.3. The SMILES string of the molecule is CCC(N1c2ccccc2Sc2ccc(C3=NC4CCCCC4N3)cc21)N1CCC[C@@H]1CO. The standard InChI is InChI=1S/C27H34N4OS/c1-2-26(30-15-7-8-19(30)17-32)31-22-11-5-6-12-24(22)33-25-14-13-18(16-23(25)31)27-28-20-9-3-4-10-21(20)29-27/h5-6,11-14,16,19-21,26,32H,2-4,7-10,15,17H2,1H3,(H,28,29)/t19-,20?,21?,26?/m1/s1. The van der Waals surface area contributed by atoms with Crippen molar-refractivity contribution in [2.45, 2.75) is 86.0 Å². The molecule has 2 aromatic carbocycles. The Hall–Kier alpha value is -2.02. The van der Waals surface area contributed by atoms with E-state index < -0.39 is 0 Å². The highest BCUT2D eigenvalue weighted by Crippen LogP contribution is 2.50. The van der Waals surface area contributed by atoms with E-state index in [2.05, 4.69) is 64.5 Å². The smallest absolute Gasteiger partial charge is 0.128 e. The van der Waals surface area contributed by atoms with Gasteiger partial charge >= 0.3 is 0 Å². The number of nitrogens with zero attached hydrogens (tertiary/aromatic N) is 3. The fraction of sp³-hybridized carbons (Fsp3) is 0.519. The Bertz CT molecular complexity index is 1060. The monoisotopic (exact) mass is 462 g/mol. The molecule has 33 heavy (non-hydrogen) atoms. The minimum atomic E-state index is 0.224. The number of rotatable bonds is 5. The van der Waals surface area contributed by atoms with Gasteiger partial charge in [-0.1, -0.05) is 49.7 Å². The van der Waals surface area contributed by atoms with Gasteiger partial charge in [0, 0.05) is 34.0 Å². The third-order valence-corrected chi connectivity index (χ3v) is 8.99. The maximum Gasteiger partial charge on any atom is 0.128 e. The number of aliphatic hydroxyl groups is 1. The molecule has 1 saturated carbocycles. The van der Waals surface area contributed by atoms with Gasteiger partial charge in [-0.25, -0.2) is 0 Å². The van der Waals surface area contributed by atoms with E-state index in [1.165, 1.54) is 52.4 Å². The van der Waals surface area contributed by atoms with E-state index in [9.17, 15) is 5.11 Å². The number of hydrogen-bond donors (Lipinski definition) is 2. The van der Waals surface area contributed by atoms with E-state index in [0.29, 0.717) is 12.1 Å². The van der Waals surface area contributed by atoms with Crippen LogP contribution in [-0.2, 0) is 0 Å². The Balaban J connectivity index is 1.41. The largest absolute Gasteiger partial charge is 0.395 e. The van der Waals surface area contributed by atoms with Crippen LogP contribution in [0.25, 0.3) is 0 Å². The predicted molar refractivity (Wildman–Crippen MR) is 136 cm³/mol. The summed E-state index contributed by atoms with van der Waals surface area (Å²) in [7, 11) is 0. The normalized spacial score (nSPS) is 27.4. The average Bonchev–Trinajstić information content (AvgIpc) is 3.51. The van der Waals surface area contributed by atoms with Crippen molar-refractivity contribution >= 4 is 29.0 Å². The number of hydrogen-bond acceptors (Lipinski definition) is 6. The van der Waals surface area contributed by atoms with Crippen molar-refractivity contribution in [1.82, 2.24) is 10.2 Å². The second-order valence-corrected chi connectivity index (χ2v) is 10.9. The third kappa shape index (κ3) is 3.76. The molecule has 5 nitrogen and oxygen atoms in total. The van der Waals surface area contributed by atoms with Gasteiger partial charge in [-0.15, -0.1) is 0 Å². The quantitative estimate of drug-likeness (QED) is 0.644. The van der Waals surface area contributed by atoms with E-state index in [1.807, 2.05) is 11.8 Å². The molecule has 6 heteroatoms. The van der Waals surface area contributed by atoms with Crippen LogP contribution in [0, 0.1) is 0 Å². The molecule has 3 heterocycles. The topological polar surface area (TPSA) is 51.1 Å². The summed E-state index contributed by atoms with van der Waals surface area (Å²) in [6.45, 7) is 3.55. The zero-order valence-electron chi connectivity index (χ0n) is 19.4. The van der Waals surface area contributed by atoms with Gasteiger partial charge in [-0.3, -0.25) is 9.89 Å². The van der Waals surface area contributed by atoms with E-state index >= 15 is 0 Å². The van der Waals surface area contributed by atoms with Crippen LogP contribution in [0.3, 0.4) is 0 Å². The van der Waals surface area contributed by atoms with Crippen LogP contribution >= 0.6 is 11.8 Å². The lowest BCUT2D eigenvalue weighted by atomic mass is 9.92. The number of nitrogens with one attached hydrogen (secondary N) is 1. The molecular weight excluding hydrogens is 428 g/mol. The summed E-state index contributed by atoms with van der Waals surface area (Å²) in [5.74, 6) is 1.07. The number of amidine groups is 1. The lowest BCUT2D eigenvalue weighted by Gasteiger charge is -2.44. The number of aliphatic imine (C=N–C) groups is 1. The van der Waals surface area contributed by atoms with E-state index in [4.69, 9.17) is 4.99 Å². The van der Waals surface area contributed by atoms with Crippen molar-refractivity contribution in [2.75, 3.05) is 18.1 Å². The molecule has 0 amide bonds. The van der Waals surface area contributed by atoms with Crippen LogP contribution in [0.4, 0.5) is 11.4 Å². The van der Waals surface area contributed by atoms with E-state index in [0.717, 1.165) is 31.6 Å². The fourth-order valence-electron chi connectivity index (χ4n) is 6.23. The molecule has 4 atom stereocenters. The molecule has 0 radical (unpaired) electrons. The number of benzene rings is 2. The number of fused-ring (bicyclic) bond motifs is 3. The van der Waals surface area contributed by atoms with Gasteiger partial charge in [-0.2, -0.15) is 0 Å². The Morgan fingerprint density at radius 3 is 2.76 bits per heavy atom. The Morgan fingerprint density at radius 1 is 1.06 bits per heavy atom. The second kappa shape index (κ2) is 8.97. The van der Waals surface area contributed by atoms with Crippen molar-refractivity contribution in [3.63, 3.8) is 0 Å². The van der Waals surface area contributed by atoms with Gasteiger partial charge in [0.2, 0.25) is 0 Å². The minimum absolute atomic E-state index is 0.224. The molecule has 2 N–H and O–H groups in total. The van der Waals surface area contributed by atoms with Gasteiger partial charge in [-0.05, 0) is 56.4 Å². The minimum Gasteiger partial charge on any atom is -0.395 e. The Kier molecular flexibility index (Phi) is 5.85. The Labute approximate surface area is 201 Å². The summed E-state index contributed by atoms with van der Waals surface area (Å²) >= 11 is 1.86. The number of likely N-dealkylation sites (tertiary alicyclic amines) is 1. The van der Waals surface area contributed by atoms with Crippen LogP contribution in [-0.4, -0.2) is 53.3 Å². The molecule has 0 aromatic heterocycles. The zero-order valence-corrected chi connectivity index (χ0v) is 20.2. The highest BCUT2D eigenvalue weighted by atomic mass is 32.2. The lowest BCUT2D eigenvalue weighted by Crippen LogP contribution is -2.50. The summed E-state index contributed by atoms with van der Waals surface area (Å²) in [6, 6.07) is 16.8. The summed E-state index contributed by atoms with van der Waals surface area (Å²) in [4.78, 5) is 12.8. The molecule has 0 spiro atoms. The second-order valence-electron chi connectivity index (χ2n) is 9.81. The predicted octanol–water partition coefficient (Wildman–Crippen LogP) is 5.14. The van der Waals surface area contributed by atoms with Crippen molar-refractivity contribution in [2.24, 2.45) is 4.99 Å². The van der Waals surface area contributed by atoms with Gasteiger partial charge in [0.05, 0.1) is 30.2 Å². The van der Waals surface area contributed by atoms with Crippen LogP contribution in [0.15, 0.2) is 57.2 Å². The van der Waals surface area contributed by atoms with Crippen LogP contribution < -0.4 is 10.2 Å². The molecule has 1 saturated heterocycles. The summed E-state index contributed by atoms with van der Waals surface area (Å²) in [6.07, 6.45) is 8.50. The van der Waals surface area contributed by atoms with E-state index in [1.54, 1.807) is 0 Å². The van der Waals surface area contributed by atoms with Crippen molar-refractivity contribution in [3.8, 4) is 0 Å². The summed E-state index contributed by atoms with van der Waals surface area (Å²) in [5.41, 5.74) is 3.74. The first-order valence-electron chi connectivity index (χ1n) is 12.7. The van der Waals surface area contributed by atoms with Crippen molar-refractivity contribution in [3.05, 3.63) is 48.0 Å². The molecule has 1 aliphatic carbocycles. The first kappa shape index (κ1) is 21.5. The highest BCUT2D eigenvalue weighted by Gasteiger charge is 2.37. The highest BCUT2D eigenvalue weighted by molar-refractivity contribution is 7.99. The van der Waals surface area contributed by atoms with Gasteiger partial charge in [0.15, 0.2) is 0 Å². The van der Waals surface area contributed by atoms with Gasteiger partial charge in [0.25, 0.3) is 0 Å². The Morgan fingerprint density at radius 2 is 1.91 bits per heavy atom. The molecule has 2 fully saturated rings. The third-order valence-electron chi connectivity index (χ3n) is 7.86. The molecule has 3 aliphatic heterocycles. The lowest BCUT2D eigenvalue weighted by molar-refractivity contribution is 0.118. The first-order valence-corrected chi connectivity index (χ1v) is 13.5.